The van der Waals surface area contributed by atoms with Crippen LogP contribution >= 0.6 is 22.9 Å². The van der Waals surface area contributed by atoms with Crippen molar-refractivity contribution in [1.29, 1.82) is 0 Å². The van der Waals surface area contributed by atoms with Gasteiger partial charge in [-0.25, -0.2) is 4.98 Å². The number of imidazole rings is 1. The number of hydrogen-bond acceptors (Lipinski definition) is 4. The van der Waals surface area contributed by atoms with Crippen LogP contribution < -0.4 is 5.32 Å². The third-order valence-electron chi connectivity index (χ3n) is 4.20. The van der Waals surface area contributed by atoms with E-state index in [0.29, 0.717) is 11.7 Å². The molecule has 0 radical (unpaired) electrons. The largest absolute Gasteiger partial charge is 0.469 e. The number of rotatable bonds is 8. The van der Waals surface area contributed by atoms with Crippen molar-refractivity contribution in [2.45, 2.75) is 19.4 Å². The van der Waals surface area contributed by atoms with Gasteiger partial charge in [0.2, 0.25) is 0 Å². The van der Waals surface area contributed by atoms with E-state index >= 15 is 0 Å². The standard InChI is InChI=1S/C19H24ClN5OS/c1-24(14-18-23-13-17(20)25(18)2)19(21-9-7-15-5-3-11-26-15)22-10-8-16-6-4-12-27-16/h3-6,11-13H,7-10,14H2,1-2H3,(H,21,22). The number of aromatic nitrogens is 2. The zero-order chi connectivity index (χ0) is 19.1. The smallest absolute Gasteiger partial charge is 0.194 e. The van der Waals surface area contributed by atoms with Crippen LogP contribution in [0.15, 0.2) is 51.5 Å². The van der Waals surface area contributed by atoms with Crippen LogP contribution in [0.2, 0.25) is 5.15 Å². The van der Waals surface area contributed by atoms with Crippen LogP contribution in [-0.4, -0.2) is 40.5 Å². The lowest BCUT2D eigenvalue weighted by atomic mass is 10.3. The summed E-state index contributed by atoms with van der Waals surface area (Å²) < 4.78 is 7.28. The fourth-order valence-electron chi connectivity index (χ4n) is 2.65. The number of thiophene rings is 1. The van der Waals surface area contributed by atoms with Gasteiger partial charge in [-0.05, 0) is 23.6 Å². The van der Waals surface area contributed by atoms with Gasteiger partial charge in [0.05, 0.1) is 19.0 Å². The third kappa shape index (κ3) is 5.61. The van der Waals surface area contributed by atoms with E-state index in [4.69, 9.17) is 21.0 Å². The molecule has 8 heteroatoms. The molecule has 3 heterocycles. The first-order chi connectivity index (χ1) is 13.1. The minimum atomic E-state index is 0.620. The van der Waals surface area contributed by atoms with E-state index in [9.17, 15) is 0 Å². The maximum Gasteiger partial charge on any atom is 0.194 e. The van der Waals surface area contributed by atoms with E-state index < -0.39 is 0 Å². The molecular formula is C19H24ClN5OS. The molecule has 27 heavy (non-hydrogen) atoms. The van der Waals surface area contributed by atoms with Crippen molar-refractivity contribution in [2.24, 2.45) is 12.0 Å². The molecule has 144 valence electrons. The summed E-state index contributed by atoms with van der Waals surface area (Å²) in [7, 11) is 3.92. The van der Waals surface area contributed by atoms with Crippen molar-refractivity contribution < 1.29 is 4.42 Å². The Hall–Kier alpha value is -2.25. The summed E-state index contributed by atoms with van der Waals surface area (Å²) >= 11 is 7.86. The van der Waals surface area contributed by atoms with Crippen LogP contribution in [0.5, 0.6) is 0 Å². The average molecular weight is 406 g/mol. The van der Waals surface area contributed by atoms with E-state index in [1.165, 1.54) is 4.88 Å². The van der Waals surface area contributed by atoms with Crippen LogP contribution in [0.1, 0.15) is 16.5 Å². The monoisotopic (exact) mass is 405 g/mol. The van der Waals surface area contributed by atoms with Gasteiger partial charge in [-0.1, -0.05) is 17.7 Å². The van der Waals surface area contributed by atoms with E-state index in [0.717, 1.165) is 43.5 Å². The molecule has 6 nitrogen and oxygen atoms in total. The number of halogens is 1. The molecule has 3 aromatic heterocycles. The first-order valence-corrected chi connectivity index (χ1v) is 10.1. The van der Waals surface area contributed by atoms with Gasteiger partial charge < -0.3 is 19.2 Å². The Kier molecular flexibility index (Phi) is 6.95. The molecule has 0 aliphatic heterocycles. The third-order valence-corrected chi connectivity index (χ3v) is 5.49. The van der Waals surface area contributed by atoms with Gasteiger partial charge >= 0.3 is 0 Å². The molecule has 0 atom stereocenters. The topological polar surface area (TPSA) is 58.6 Å². The highest BCUT2D eigenvalue weighted by Gasteiger charge is 2.12. The summed E-state index contributed by atoms with van der Waals surface area (Å²) in [5.74, 6) is 2.69. The highest BCUT2D eigenvalue weighted by Crippen LogP contribution is 2.11. The van der Waals surface area contributed by atoms with Crippen molar-refractivity contribution in [3.8, 4) is 0 Å². The Bertz CT molecular complexity index is 842. The summed E-state index contributed by atoms with van der Waals surface area (Å²) in [5, 5.41) is 6.15. The summed E-state index contributed by atoms with van der Waals surface area (Å²) in [6.07, 6.45) is 5.10. The number of furan rings is 1. The lowest BCUT2D eigenvalue weighted by molar-refractivity contribution is 0.449. The van der Waals surface area contributed by atoms with Crippen LogP contribution in [0.3, 0.4) is 0 Å². The fraction of sp³-hybridized carbons (Fsp3) is 0.368. The summed E-state index contributed by atoms with van der Waals surface area (Å²) in [5.41, 5.74) is 0. The maximum absolute atomic E-state index is 6.10. The lowest BCUT2D eigenvalue weighted by Gasteiger charge is -2.22. The lowest BCUT2D eigenvalue weighted by Crippen LogP contribution is -2.40. The molecule has 0 fully saturated rings. The predicted molar refractivity (Wildman–Crippen MR) is 110 cm³/mol. The molecule has 3 rings (SSSR count). The number of nitrogens with one attached hydrogen (secondary N) is 1. The zero-order valence-electron chi connectivity index (χ0n) is 15.6. The normalized spacial score (nSPS) is 11.7. The molecule has 1 N–H and O–H groups in total. The van der Waals surface area contributed by atoms with Gasteiger partial charge in [0, 0.05) is 44.9 Å². The highest BCUT2D eigenvalue weighted by atomic mass is 35.5. The second-order valence-electron chi connectivity index (χ2n) is 6.20. The summed E-state index contributed by atoms with van der Waals surface area (Å²) in [6, 6.07) is 8.10. The van der Waals surface area contributed by atoms with Crippen molar-refractivity contribution in [3.05, 3.63) is 63.7 Å². The molecule has 0 saturated carbocycles. The van der Waals surface area contributed by atoms with E-state index in [2.05, 4.69) is 32.7 Å². The first kappa shape index (κ1) is 19.5. The molecule has 0 amide bonds. The van der Waals surface area contributed by atoms with Crippen LogP contribution in [0.25, 0.3) is 0 Å². The number of guanidine groups is 1. The van der Waals surface area contributed by atoms with Crippen LogP contribution in [0, 0.1) is 0 Å². The van der Waals surface area contributed by atoms with Crippen LogP contribution in [-0.2, 0) is 26.4 Å². The van der Waals surface area contributed by atoms with Crippen molar-refractivity contribution in [2.75, 3.05) is 20.1 Å². The molecule has 0 aliphatic carbocycles. The van der Waals surface area contributed by atoms with Crippen molar-refractivity contribution in [1.82, 2.24) is 19.8 Å². The quantitative estimate of drug-likeness (QED) is 0.459. The number of aliphatic imine (C=N–C) groups is 1. The van der Waals surface area contributed by atoms with Gasteiger partial charge in [0.25, 0.3) is 0 Å². The molecule has 3 aromatic rings. The van der Waals surface area contributed by atoms with Gasteiger partial charge in [-0.3, -0.25) is 4.99 Å². The van der Waals surface area contributed by atoms with E-state index in [1.807, 2.05) is 30.8 Å². The number of nitrogens with zero attached hydrogens (tertiary/aromatic N) is 4. The minimum absolute atomic E-state index is 0.620. The van der Waals surface area contributed by atoms with Crippen LogP contribution in [0.4, 0.5) is 0 Å². The Morgan fingerprint density at radius 3 is 2.93 bits per heavy atom. The molecule has 0 bridgehead atoms. The molecule has 0 saturated heterocycles. The second-order valence-corrected chi connectivity index (χ2v) is 7.62. The van der Waals surface area contributed by atoms with Gasteiger partial charge in [0.15, 0.2) is 5.96 Å². The zero-order valence-corrected chi connectivity index (χ0v) is 17.1. The summed E-state index contributed by atoms with van der Waals surface area (Å²) in [6.45, 7) is 2.10. The minimum Gasteiger partial charge on any atom is -0.469 e. The molecule has 0 unspecified atom stereocenters. The highest BCUT2D eigenvalue weighted by molar-refractivity contribution is 7.09. The molecule has 0 spiro atoms. The summed E-state index contributed by atoms with van der Waals surface area (Å²) in [4.78, 5) is 12.6. The SMILES string of the molecule is CN(Cc1ncc(Cl)n1C)C(=NCCc1cccs1)NCCc1ccco1. The van der Waals surface area contributed by atoms with Crippen molar-refractivity contribution >= 4 is 28.9 Å². The first-order valence-electron chi connectivity index (χ1n) is 8.84. The average Bonchev–Trinajstić information content (AvgIpc) is 3.41. The van der Waals surface area contributed by atoms with E-state index in [-0.39, 0.29) is 0 Å². The Labute approximate surface area is 168 Å². The van der Waals surface area contributed by atoms with E-state index in [1.54, 1.807) is 23.8 Å². The van der Waals surface area contributed by atoms with Crippen molar-refractivity contribution in [3.63, 3.8) is 0 Å². The fourth-order valence-corrected chi connectivity index (χ4v) is 3.49. The molecule has 0 aromatic carbocycles. The molecular weight excluding hydrogens is 382 g/mol. The number of hydrogen-bond donors (Lipinski definition) is 1. The molecule has 0 aliphatic rings. The second kappa shape index (κ2) is 9.62. The Morgan fingerprint density at radius 2 is 2.26 bits per heavy atom. The van der Waals surface area contributed by atoms with Gasteiger partial charge in [-0.2, -0.15) is 0 Å². The Balaban J connectivity index is 1.62. The predicted octanol–water partition coefficient (Wildman–Crippen LogP) is 3.59. The van der Waals surface area contributed by atoms with Gasteiger partial charge in [0.1, 0.15) is 16.7 Å². The Morgan fingerprint density at radius 1 is 1.37 bits per heavy atom. The van der Waals surface area contributed by atoms with Gasteiger partial charge in [-0.15, -0.1) is 11.3 Å². The maximum atomic E-state index is 6.10.